The number of sulfonamides is 2. The lowest BCUT2D eigenvalue weighted by molar-refractivity contribution is 0.0697. The van der Waals surface area contributed by atoms with Crippen LogP contribution in [0.3, 0.4) is 0 Å². The third-order valence-corrected chi connectivity index (χ3v) is 8.05. The first-order valence-electron chi connectivity index (χ1n) is 7.98. The second kappa shape index (κ2) is 7.45. The van der Waals surface area contributed by atoms with E-state index in [-0.39, 0.29) is 21.0 Å². The van der Waals surface area contributed by atoms with Gasteiger partial charge in [-0.3, -0.25) is 0 Å². The van der Waals surface area contributed by atoms with Crippen LogP contribution in [0.25, 0.3) is 0 Å². The number of carboxylic acid groups (broad SMARTS) is 1. The Bertz CT molecular complexity index is 1120. The van der Waals surface area contributed by atoms with Gasteiger partial charge >= 0.3 is 5.97 Å². The fraction of sp³-hybridized carbons (Fsp3) is 0. The summed E-state index contributed by atoms with van der Waals surface area (Å²) in [5.74, 6) is -1.21. The van der Waals surface area contributed by atoms with E-state index in [0.29, 0.717) is 3.71 Å². The first-order valence-corrected chi connectivity index (χ1v) is 10.9. The number of rotatable bonds is 6. The molecule has 0 fully saturated rings. The van der Waals surface area contributed by atoms with Crippen LogP contribution < -0.4 is 3.71 Å². The number of carbonyl (C=O) groups is 1. The van der Waals surface area contributed by atoms with Crippen LogP contribution in [0.15, 0.2) is 94.7 Å². The molecule has 0 aliphatic rings. The molecule has 28 heavy (non-hydrogen) atoms. The topological polar surface area (TPSA) is 109 Å². The van der Waals surface area contributed by atoms with Gasteiger partial charge in [0.1, 0.15) is 0 Å². The summed E-state index contributed by atoms with van der Waals surface area (Å²) < 4.78 is 53.1. The van der Waals surface area contributed by atoms with E-state index in [2.05, 4.69) is 0 Å². The molecule has 0 bridgehead atoms. The monoisotopic (exact) mass is 417 g/mol. The molecule has 0 heterocycles. The smallest absolute Gasteiger partial charge is 0.335 e. The Hall–Kier alpha value is -3.17. The summed E-state index contributed by atoms with van der Waals surface area (Å²) in [6.07, 6.45) is 0. The fourth-order valence-corrected chi connectivity index (χ4v) is 6.24. The highest BCUT2D eigenvalue weighted by Crippen LogP contribution is 2.30. The second-order valence-electron chi connectivity index (χ2n) is 5.69. The van der Waals surface area contributed by atoms with Crippen molar-refractivity contribution in [2.45, 2.75) is 9.79 Å². The van der Waals surface area contributed by atoms with Crippen LogP contribution in [0.2, 0.25) is 0 Å². The van der Waals surface area contributed by atoms with Crippen molar-refractivity contribution in [3.63, 3.8) is 0 Å². The van der Waals surface area contributed by atoms with Gasteiger partial charge < -0.3 is 5.11 Å². The minimum Gasteiger partial charge on any atom is -0.478 e. The maximum atomic E-state index is 13.2. The SMILES string of the molecule is O=C(O)c1ccc(N(S(=O)(=O)c2ccccc2)S(=O)(=O)c2ccccc2)cc1. The van der Waals surface area contributed by atoms with Crippen LogP contribution in [0, 0.1) is 0 Å². The molecule has 0 aliphatic heterocycles. The van der Waals surface area contributed by atoms with Crippen LogP contribution in [-0.4, -0.2) is 27.9 Å². The predicted octanol–water partition coefficient (Wildman–Crippen LogP) is 2.97. The Morgan fingerprint density at radius 3 is 1.39 bits per heavy atom. The van der Waals surface area contributed by atoms with E-state index in [1.165, 1.54) is 48.5 Å². The van der Waals surface area contributed by atoms with Crippen LogP contribution >= 0.6 is 0 Å². The molecule has 0 unspecified atom stereocenters. The van der Waals surface area contributed by atoms with Crippen LogP contribution in [0.1, 0.15) is 10.4 Å². The molecule has 0 saturated heterocycles. The maximum Gasteiger partial charge on any atom is 0.335 e. The molecule has 1 N–H and O–H groups in total. The van der Waals surface area contributed by atoms with Crippen LogP contribution in [0.5, 0.6) is 0 Å². The normalized spacial score (nSPS) is 11.7. The molecule has 3 aromatic carbocycles. The van der Waals surface area contributed by atoms with Gasteiger partial charge in [-0.15, -0.1) is 0 Å². The first-order chi connectivity index (χ1) is 13.2. The zero-order valence-corrected chi connectivity index (χ0v) is 16.0. The fourth-order valence-electron chi connectivity index (χ4n) is 2.51. The molecule has 3 aromatic rings. The molecule has 0 amide bonds. The van der Waals surface area contributed by atoms with Crippen LogP contribution in [0.4, 0.5) is 5.69 Å². The Kier molecular flexibility index (Phi) is 5.21. The van der Waals surface area contributed by atoms with E-state index in [1.54, 1.807) is 12.1 Å². The van der Waals surface area contributed by atoms with Gasteiger partial charge in [-0.25, -0.2) is 21.6 Å². The lowest BCUT2D eigenvalue weighted by Gasteiger charge is -2.24. The van der Waals surface area contributed by atoms with Gasteiger partial charge in [-0.05, 0) is 48.5 Å². The van der Waals surface area contributed by atoms with E-state index in [9.17, 15) is 21.6 Å². The summed E-state index contributed by atoms with van der Waals surface area (Å²) in [5, 5.41) is 9.04. The van der Waals surface area contributed by atoms with Crippen molar-refractivity contribution in [2.75, 3.05) is 3.71 Å². The highest BCUT2D eigenvalue weighted by Gasteiger charge is 2.36. The van der Waals surface area contributed by atoms with Gasteiger partial charge in [0.05, 0.1) is 21.0 Å². The Morgan fingerprint density at radius 1 is 0.643 bits per heavy atom. The van der Waals surface area contributed by atoms with Gasteiger partial charge in [0, 0.05) is 0 Å². The van der Waals surface area contributed by atoms with Gasteiger partial charge in [0.25, 0.3) is 20.0 Å². The summed E-state index contributed by atoms with van der Waals surface area (Å²) in [6.45, 7) is 0. The third kappa shape index (κ3) is 3.62. The largest absolute Gasteiger partial charge is 0.478 e. The zero-order chi connectivity index (χ0) is 20.4. The summed E-state index contributed by atoms with van der Waals surface area (Å²) in [7, 11) is -8.99. The average molecular weight is 417 g/mol. The number of benzene rings is 3. The van der Waals surface area contributed by atoms with Gasteiger partial charge in [0.15, 0.2) is 0 Å². The molecule has 0 aliphatic carbocycles. The zero-order valence-electron chi connectivity index (χ0n) is 14.3. The van der Waals surface area contributed by atoms with E-state index in [1.807, 2.05) is 0 Å². The molecule has 0 saturated carbocycles. The molecule has 3 rings (SSSR count). The lowest BCUT2D eigenvalue weighted by atomic mass is 10.2. The highest BCUT2D eigenvalue weighted by atomic mass is 32.3. The number of hydrogen-bond donors (Lipinski definition) is 1. The predicted molar refractivity (Wildman–Crippen MR) is 103 cm³/mol. The van der Waals surface area contributed by atoms with Gasteiger partial charge in [0.2, 0.25) is 0 Å². The highest BCUT2D eigenvalue weighted by molar-refractivity contribution is 8.10. The van der Waals surface area contributed by atoms with Crippen molar-refractivity contribution in [1.29, 1.82) is 0 Å². The van der Waals surface area contributed by atoms with Crippen LogP contribution in [-0.2, 0) is 20.0 Å². The summed E-state index contributed by atoms with van der Waals surface area (Å²) in [6, 6.07) is 18.9. The third-order valence-electron chi connectivity index (χ3n) is 3.84. The van der Waals surface area contributed by atoms with Crippen molar-refractivity contribution >= 4 is 31.7 Å². The van der Waals surface area contributed by atoms with E-state index >= 15 is 0 Å². The summed E-state index contributed by atoms with van der Waals surface area (Å²) in [5.41, 5.74) is -0.296. The molecule has 7 nitrogen and oxygen atoms in total. The number of carboxylic acids is 1. The first kappa shape index (κ1) is 19.6. The summed E-state index contributed by atoms with van der Waals surface area (Å²) >= 11 is 0. The average Bonchev–Trinajstić information content (AvgIpc) is 2.69. The van der Waals surface area contributed by atoms with Gasteiger partial charge in [-0.1, -0.05) is 36.4 Å². The van der Waals surface area contributed by atoms with Crippen molar-refractivity contribution in [3.05, 3.63) is 90.5 Å². The number of aromatic carboxylic acids is 1. The number of hydrogen-bond acceptors (Lipinski definition) is 5. The molecule has 0 radical (unpaired) electrons. The standard InChI is InChI=1S/C19H15NO6S2/c21-19(22)15-11-13-16(14-12-15)20(27(23,24)17-7-3-1-4-8-17)28(25,26)18-9-5-2-6-10-18/h1-14H,(H,21,22). The molecule has 0 spiro atoms. The maximum absolute atomic E-state index is 13.2. The molecule has 0 aromatic heterocycles. The molecule has 0 atom stereocenters. The van der Waals surface area contributed by atoms with E-state index in [0.717, 1.165) is 24.3 Å². The Labute approximate surface area is 162 Å². The molecule has 144 valence electrons. The molecular weight excluding hydrogens is 402 g/mol. The quantitative estimate of drug-likeness (QED) is 0.660. The number of anilines is 1. The van der Waals surface area contributed by atoms with Crippen molar-refractivity contribution in [2.24, 2.45) is 0 Å². The molecule has 9 heteroatoms. The van der Waals surface area contributed by atoms with Crippen molar-refractivity contribution < 1.29 is 26.7 Å². The van der Waals surface area contributed by atoms with Gasteiger partial charge in [-0.2, -0.15) is 3.71 Å². The minimum atomic E-state index is -4.50. The molecular formula is C19H15NO6S2. The van der Waals surface area contributed by atoms with E-state index < -0.39 is 26.0 Å². The lowest BCUT2D eigenvalue weighted by Crippen LogP contribution is -2.37. The van der Waals surface area contributed by atoms with Crippen molar-refractivity contribution in [1.82, 2.24) is 0 Å². The second-order valence-corrected chi connectivity index (χ2v) is 9.49. The van der Waals surface area contributed by atoms with E-state index in [4.69, 9.17) is 5.11 Å². The minimum absolute atomic E-state index is 0.0991. The summed E-state index contributed by atoms with van der Waals surface area (Å²) in [4.78, 5) is 10.6. The van der Waals surface area contributed by atoms with Crippen molar-refractivity contribution in [3.8, 4) is 0 Å². The Morgan fingerprint density at radius 2 is 1.04 bits per heavy atom. The Balaban J connectivity index is 2.24. The number of nitrogens with zero attached hydrogens (tertiary/aromatic N) is 1.